The standard InChI is InChI=1S/C31H36N8O5/c1-4-5-14-31(36-37-31)15-12-27(40)34-24-8-11-29(32-19-24)44-17-13-28(41)35-25-20-33-39(21-25)22-30(42)38(3)16-18-43-26-9-6-23(2)7-10-26/h1,6-11,19-21H,5,12-18,22H2,2-3H3,(H,34,40)(H,35,41). The Labute approximate surface area is 256 Å². The Morgan fingerprint density at radius 3 is 2.41 bits per heavy atom. The number of aryl methyl sites for hydroxylation is 1. The van der Waals surface area contributed by atoms with Gasteiger partial charge in [-0.1, -0.05) is 17.7 Å². The molecule has 0 saturated heterocycles. The number of aromatic nitrogens is 3. The first-order valence-corrected chi connectivity index (χ1v) is 14.3. The molecular formula is C31H36N8O5. The number of pyridine rings is 1. The minimum atomic E-state index is -0.499. The molecule has 1 aliphatic rings. The highest BCUT2D eigenvalue weighted by atomic mass is 16.5. The van der Waals surface area contributed by atoms with Gasteiger partial charge in [0, 0.05) is 45.0 Å². The van der Waals surface area contributed by atoms with Gasteiger partial charge in [-0.05, 0) is 25.1 Å². The van der Waals surface area contributed by atoms with Gasteiger partial charge in [0.05, 0.1) is 43.3 Å². The fraction of sp³-hybridized carbons (Fsp3) is 0.387. The molecule has 0 saturated carbocycles. The summed E-state index contributed by atoms with van der Waals surface area (Å²) in [7, 11) is 1.70. The number of carbonyl (C=O) groups excluding carboxylic acids is 3. The predicted octanol–water partition coefficient (Wildman–Crippen LogP) is 3.83. The molecule has 230 valence electrons. The first kappa shape index (κ1) is 31.7. The molecule has 1 aliphatic heterocycles. The van der Waals surface area contributed by atoms with Gasteiger partial charge in [0.2, 0.25) is 23.6 Å². The molecule has 0 unspecified atom stereocenters. The van der Waals surface area contributed by atoms with Crippen LogP contribution in [-0.4, -0.2) is 69.9 Å². The molecule has 3 aromatic rings. The van der Waals surface area contributed by atoms with E-state index in [4.69, 9.17) is 15.9 Å². The van der Waals surface area contributed by atoms with Crippen LogP contribution >= 0.6 is 0 Å². The van der Waals surface area contributed by atoms with Gasteiger partial charge in [0.1, 0.15) is 18.9 Å². The van der Waals surface area contributed by atoms with Crippen LogP contribution in [0.15, 0.2) is 65.2 Å². The fourth-order valence-corrected chi connectivity index (χ4v) is 4.05. The van der Waals surface area contributed by atoms with Gasteiger partial charge in [-0.2, -0.15) is 15.3 Å². The zero-order valence-electron chi connectivity index (χ0n) is 24.9. The van der Waals surface area contributed by atoms with Crippen LogP contribution in [0.25, 0.3) is 0 Å². The lowest BCUT2D eigenvalue weighted by Crippen LogP contribution is -2.33. The highest BCUT2D eigenvalue weighted by Crippen LogP contribution is 2.37. The molecule has 0 spiro atoms. The molecule has 0 fully saturated rings. The third kappa shape index (κ3) is 10.2. The lowest BCUT2D eigenvalue weighted by Gasteiger charge is -2.17. The van der Waals surface area contributed by atoms with Crippen LogP contribution in [0.1, 0.15) is 37.7 Å². The van der Waals surface area contributed by atoms with Crippen LogP contribution in [-0.2, 0) is 20.9 Å². The van der Waals surface area contributed by atoms with Crippen molar-refractivity contribution in [3.63, 3.8) is 0 Å². The minimum Gasteiger partial charge on any atom is -0.492 e. The molecule has 3 amide bonds. The molecule has 3 heterocycles. The molecule has 13 nitrogen and oxygen atoms in total. The Morgan fingerprint density at radius 1 is 0.955 bits per heavy atom. The Hall–Kier alpha value is -5.25. The number of terminal acetylenes is 1. The Bertz CT molecular complexity index is 1490. The van der Waals surface area contributed by atoms with Gasteiger partial charge >= 0.3 is 0 Å². The molecule has 13 heteroatoms. The molecule has 0 radical (unpaired) electrons. The third-order valence-corrected chi connectivity index (χ3v) is 6.76. The number of ether oxygens (including phenoxy) is 2. The second-order valence-corrected chi connectivity index (χ2v) is 10.4. The summed E-state index contributed by atoms with van der Waals surface area (Å²) in [5.41, 5.74) is 1.65. The summed E-state index contributed by atoms with van der Waals surface area (Å²) < 4.78 is 12.7. The highest BCUT2D eigenvalue weighted by Gasteiger charge is 2.39. The predicted molar refractivity (Wildman–Crippen MR) is 163 cm³/mol. The van der Waals surface area contributed by atoms with E-state index in [1.807, 2.05) is 31.2 Å². The summed E-state index contributed by atoms with van der Waals surface area (Å²) in [5, 5.41) is 17.7. The summed E-state index contributed by atoms with van der Waals surface area (Å²) >= 11 is 0. The van der Waals surface area contributed by atoms with E-state index in [0.29, 0.717) is 49.7 Å². The van der Waals surface area contributed by atoms with Crippen LogP contribution in [0.2, 0.25) is 0 Å². The van der Waals surface area contributed by atoms with Crippen LogP contribution in [0, 0.1) is 19.3 Å². The first-order chi connectivity index (χ1) is 21.2. The van der Waals surface area contributed by atoms with Crippen molar-refractivity contribution in [2.24, 2.45) is 10.2 Å². The number of hydrogen-bond acceptors (Lipinski definition) is 9. The van der Waals surface area contributed by atoms with Gasteiger partial charge in [-0.15, -0.1) is 12.3 Å². The molecule has 0 aliphatic carbocycles. The summed E-state index contributed by atoms with van der Waals surface area (Å²) in [6.45, 7) is 2.92. The van der Waals surface area contributed by atoms with E-state index in [1.54, 1.807) is 30.3 Å². The largest absolute Gasteiger partial charge is 0.492 e. The van der Waals surface area contributed by atoms with E-state index < -0.39 is 5.66 Å². The quantitative estimate of drug-likeness (QED) is 0.223. The number of anilines is 2. The van der Waals surface area contributed by atoms with E-state index in [1.165, 1.54) is 17.1 Å². The lowest BCUT2D eigenvalue weighted by molar-refractivity contribution is -0.131. The Morgan fingerprint density at radius 2 is 1.70 bits per heavy atom. The van der Waals surface area contributed by atoms with E-state index in [0.717, 1.165) is 11.3 Å². The van der Waals surface area contributed by atoms with Gasteiger partial charge in [0.25, 0.3) is 0 Å². The van der Waals surface area contributed by atoms with Gasteiger partial charge in [0.15, 0.2) is 5.66 Å². The van der Waals surface area contributed by atoms with Crippen molar-refractivity contribution < 1.29 is 23.9 Å². The molecule has 4 rings (SSSR count). The molecule has 0 bridgehead atoms. The van der Waals surface area contributed by atoms with E-state index in [9.17, 15) is 14.4 Å². The number of rotatable bonds is 17. The average Bonchev–Trinajstić information content (AvgIpc) is 3.66. The topological polar surface area (TPSA) is 152 Å². The maximum Gasteiger partial charge on any atom is 0.244 e. The van der Waals surface area contributed by atoms with E-state index in [2.05, 4.69) is 36.9 Å². The van der Waals surface area contributed by atoms with Crippen molar-refractivity contribution in [3.8, 4) is 24.0 Å². The van der Waals surface area contributed by atoms with Crippen molar-refractivity contribution in [1.29, 1.82) is 0 Å². The number of carbonyl (C=O) groups is 3. The molecule has 44 heavy (non-hydrogen) atoms. The zero-order valence-corrected chi connectivity index (χ0v) is 24.9. The number of nitrogens with zero attached hydrogens (tertiary/aromatic N) is 6. The second kappa shape index (κ2) is 15.3. The normalized spacial score (nSPS) is 12.6. The minimum absolute atomic E-state index is 0.0288. The summed E-state index contributed by atoms with van der Waals surface area (Å²) in [4.78, 5) is 42.9. The van der Waals surface area contributed by atoms with Crippen LogP contribution in [0.5, 0.6) is 11.6 Å². The van der Waals surface area contributed by atoms with Gasteiger partial charge in [-0.3, -0.25) is 19.1 Å². The third-order valence-electron chi connectivity index (χ3n) is 6.76. The number of benzene rings is 1. The first-order valence-electron chi connectivity index (χ1n) is 14.3. The number of likely N-dealkylation sites (N-methyl/N-ethyl adjacent to an activating group) is 1. The summed E-state index contributed by atoms with van der Waals surface area (Å²) in [5.74, 6) is 3.05. The smallest absolute Gasteiger partial charge is 0.244 e. The second-order valence-electron chi connectivity index (χ2n) is 10.4. The number of nitrogens with one attached hydrogen (secondary N) is 2. The Kier molecular flexibility index (Phi) is 11.0. The SMILES string of the molecule is C#CCCC1(CCC(=O)Nc2ccc(OCCC(=O)Nc3cnn(CC(=O)N(C)CCOc4ccc(C)cc4)c3)nc2)N=N1. The van der Waals surface area contributed by atoms with E-state index in [-0.39, 0.29) is 43.7 Å². The summed E-state index contributed by atoms with van der Waals surface area (Å²) in [6.07, 6.45) is 11.9. The van der Waals surface area contributed by atoms with Crippen molar-refractivity contribution in [1.82, 2.24) is 19.7 Å². The molecule has 2 N–H and O–H groups in total. The van der Waals surface area contributed by atoms with Crippen LogP contribution in [0.4, 0.5) is 11.4 Å². The maximum absolute atomic E-state index is 12.5. The molecule has 0 atom stereocenters. The molecular weight excluding hydrogens is 564 g/mol. The van der Waals surface area contributed by atoms with Crippen molar-refractivity contribution in [2.45, 2.75) is 51.2 Å². The zero-order chi connectivity index (χ0) is 31.4. The summed E-state index contributed by atoms with van der Waals surface area (Å²) in [6, 6.07) is 11.0. The molecule has 1 aromatic carbocycles. The highest BCUT2D eigenvalue weighted by molar-refractivity contribution is 5.91. The monoisotopic (exact) mass is 600 g/mol. The lowest BCUT2D eigenvalue weighted by atomic mass is 10.0. The van der Waals surface area contributed by atoms with Crippen LogP contribution in [0.3, 0.4) is 0 Å². The molecule has 2 aromatic heterocycles. The van der Waals surface area contributed by atoms with E-state index >= 15 is 0 Å². The number of amides is 3. The average molecular weight is 601 g/mol. The van der Waals surface area contributed by atoms with Crippen molar-refractivity contribution >= 4 is 29.1 Å². The fourth-order valence-electron chi connectivity index (χ4n) is 4.05. The maximum atomic E-state index is 12.5. The van der Waals surface area contributed by atoms with Crippen molar-refractivity contribution in [3.05, 3.63) is 60.6 Å². The Balaban J connectivity index is 1.10. The van der Waals surface area contributed by atoms with Gasteiger partial charge < -0.3 is 25.0 Å². The van der Waals surface area contributed by atoms with Crippen LogP contribution < -0.4 is 20.1 Å². The van der Waals surface area contributed by atoms with Crippen molar-refractivity contribution in [2.75, 3.05) is 37.4 Å². The number of hydrogen-bond donors (Lipinski definition) is 2. The van der Waals surface area contributed by atoms with Gasteiger partial charge in [-0.25, -0.2) is 4.98 Å².